The standard InChI is InChI=1S/C14H17FN4/c1-10-9-13(19-14(16-2)18-10)17-8-7-11-3-5-12(15)6-4-11/h3-6,9H,7-8H2,1-2H3,(H2,16,17,18,19). The van der Waals surface area contributed by atoms with E-state index in [1.54, 1.807) is 19.2 Å². The average Bonchev–Trinajstić information content (AvgIpc) is 2.40. The van der Waals surface area contributed by atoms with Crippen molar-refractivity contribution < 1.29 is 4.39 Å². The predicted molar refractivity (Wildman–Crippen MR) is 74.9 cm³/mol. The molecule has 0 unspecified atom stereocenters. The second kappa shape index (κ2) is 6.13. The van der Waals surface area contributed by atoms with Gasteiger partial charge in [-0.25, -0.2) is 9.37 Å². The molecule has 19 heavy (non-hydrogen) atoms. The number of aromatic nitrogens is 2. The van der Waals surface area contributed by atoms with E-state index < -0.39 is 0 Å². The van der Waals surface area contributed by atoms with Crippen LogP contribution in [0.4, 0.5) is 16.2 Å². The molecule has 0 aliphatic heterocycles. The molecule has 0 fully saturated rings. The first-order valence-electron chi connectivity index (χ1n) is 6.19. The number of benzene rings is 1. The number of halogens is 1. The molecule has 0 atom stereocenters. The van der Waals surface area contributed by atoms with Crippen molar-refractivity contribution >= 4 is 11.8 Å². The fraction of sp³-hybridized carbons (Fsp3) is 0.286. The highest BCUT2D eigenvalue weighted by Gasteiger charge is 2.00. The minimum Gasteiger partial charge on any atom is -0.370 e. The molecule has 0 saturated carbocycles. The lowest BCUT2D eigenvalue weighted by molar-refractivity contribution is 0.627. The summed E-state index contributed by atoms with van der Waals surface area (Å²) < 4.78 is 12.8. The van der Waals surface area contributed by atoms with Crippen molar-refractivity contribution in [3.63, 3.8) is 0 Å². The van der Waals surface area contributed by atoms with Gasteiger partial charge in [0.1, 0.15) is 11.6 Å². The van der Waals surface area contributed by atoms with Crippen molar-refractivity contribution in [3.8, 4) is 0 Å². The van der Waals surface area contributed by atoms with Gasteiger partial charge in [0.25, 0.3) is 0 Å². The van der Waals surface area contributed by atoms with Crippen molar-refractivity contribution in [2.75, 3.05) is 24.2 Å². The van der Waals surface area contributed by atoms with Crippen LogP contribution in [-0.4, -0.2) is 23.6 Å². The minimum atomic E-state index is -0.207. The summed E-state index contributed by atoms with van der Waals surface area (Å²) in [5.74, 6) is 1.19. The van der Waals surface area contributed by atoms with Gasteiger partial charge in [0.2, 0.25) is 5.95 Å². The number of rotatable bonds is 5. The van der Waals surface area contributed by atoms with Gasteiger partial charge in [-0.2, -0.15) is 4.98 Å². The van der Waals surface area contributed by atoms with Gasteiger partial charge >= 0.3 is 0 Å². The van der Waals surface area contributed by atoms with Crippen molar-refractivity contribution in [3.05, 3.63) is 47.4 Å². The van der Waals surface area contributed by atoms with E-state index in [1.165, 1.54) is 12.1 Å². The van der Waals surface area contributed by atoms with Crippen LogP contribution in [0.5, 0.6) is 0 Å². The minimum absolute atomic E-state index is 0.207. The van der Waals surface area contributed by atoms with Gasteiger partial charge < -0.3 is 10.6 Å². The topological polar surface area (TPSA) is 49.8 Å². The molecule has 5 heteroatoms. The highest BCUT2D eigenvalue weighted by molar-refractivity contribution is 5.41. The Morgan fingerprint density at radius 1 is 1.16 bits per heavy atom. The van der Waals surface area contributed by atoms with E-state index in [0.29, 0.717) is 5.95 Å². The summed E-state index contributed by atoms with van der Waals surface area (Å²) in [6.45, 7) is 2.67. The van der Waals surface area contributed by atoms with Crippen molar-refractivity contribution in [2.24, 2.45) is 0 Å². The average molecular weight is 260 g/mol. The zero-order valence-corrected chi connectivity index (χ0v) is 11.1. The molecule has 2 rings (SSSR count). The van der Waals surface area contributed by atoms with E-state index in [2.05, 4.69) is 20.6 Å². The molecule has 0 spiro atoms. The fourth-order valence-corrected chi connectivity index (χ4v) is 1.76. The van der Waals surface area contributed by atoms with E-state index in [-0.39, 0.29) is 5.82 Å². The lowest BCUT2D eigenvalue weighted by Gasteiger charge is -2.08. The quantitative estimate of drug-likeness (QED) is 0.867. The molecule has 2 aromatic rings. The summed E-state index contributed by atoms with van der Waals surface area (Å²) in [4.78, 5) is 8.53. The Morgan fingerprint density at radius 2 is 1.89 bits per heavy atom. The van der Waals surface area contributed by atoms with Crippen LogP contribution in [0.1, 0.15) is 11.3 Å². The Labute approximate surface area is 112 Å². The Kier molecular flexibility index (Phi) is 4.28. The third-order valence-corrected chi connectivity index (χ3v) is 2.71. The number of aryl methyl sites for hydroxylation is 1. The molecule has 0 aliphatic rings. The summed E-state index contributed by atoms with van der Waals surface area (Å²) in [5.41, 5.74) is 2.00. The number of nitrogens with zero attached hydrogens (tertiary/aromatic N) is 2. The summed E-state index contributed by atoms with van der Waals surface area (Å²) >= 11 is 0. The summed E-state index contributed by atoms with van der Waals surface area (Å²) in [6.07, 6.45) is 0.818. The monoisotopic (exact) mass is 260 g/mol. The lowest BCUT2D eigenvalue weighted by Crippen LogP contribution is -2.08. The normalized spacial score (nSPS) is 10.3. The summed E-state index contributed by atoms with van der Waals surface area (Å²) in [6, 6.07) is 8.43. The van der Waals surface area contributed by atoms with E-state index in [9.17, 15) is 4.39 Å². The highest BCUT2D eigenvalue weighted by Crippen LogP contribution is 2.09. The zero-order chi connectivity index (χ0) is 13.7. The molecule has 100 valence electrons. The van der Waals surface area contributed by atoms with Gasteiger partial charge in [-0.05, 0) is 31.0 Å². The molecule has 0 amide bonds. The van der Waals surface area contributed by atoms with Crippen molar-refractivity contribution in [2.45, 2.75) is 13.3 Å². The molecule has 1 aromatic heterocycles. The Balaban J connectivity index is 1.92. The van der Waals surface area contributed by atoms with Crippen molar-refractivity contribution in [1.29, 1.82) is 0 Å². The first-order valence-corrected chi connectivity index (χ1v) is 6.19. The van der Waals surface area contributed by atoms with E-state index >= 15 is 0 Å². The fourth-order valence-electron chi connectivity index (χ4n) is 1.76. The molecule has 1 aromatic carbocycles. The van der Waals surface area contributed by atoms with Crippen LogP contribution in [-0.2, 0) is 6.42 Å². The Morgan fingerprint density at radius 3 is 2.58 bits per heavy atom. The smallest absolute Gasteiger partial charge is 0.224 e. The van der Waals surface area contributed by atoms with Gasteiger partial charge in [-0.3, -0.25) is 0 Å². The maximum absolute atomic E-state index is 12.8. The molecule has 2 N–H and O–H groups in total. The first kappa shape index (κ1) is 13.3. The Bertz CT molecular complexity index is 540. The number of nitrogens with one attached hydrogen (secondary N) is 2. The van der Waals surface area contributed by atoms with Crippen LogP contribution in [0.3, 0.4) is 0 Å². The van der Waals surface area contributed by atoms with Crippen LogP contribution in [0, 0.1) is 12.7 Å². The van der Waals surface area contributed by atoms with Gasteiger partial charge in [0.05, 0.1) is 0 Å². The number of hydrogen-bond donors (Lipinski definition) is 2. The summed E-state index contributed by atoms with van der Waals surface area (Å²) in [5, 5.41) is 6.16. The van der Waals surface area contributed by atoms with Gasteiger partial charge in [-0.15, -0.1) is 0 Å². The molecule has 1 heterocycles. The van der Waals surface area contributed by atoms with Crippen LogP contribution in [0.2, 0.25) is 0 Å². The van der Waals surface area contributed by atoms with Crippen LogP contribution in [0.25, 0.3) is 0 Å². The molecule has 0 bridgehead atoms. The van der Waals surface area contributed by atoms with Gasteiger partial charge in [0.15, 0.2) is 0 Å². The van der Waals surface area contributed by atoms with Crippen molar-refractivity contribution in [1.82, 2.24) is 9.97 Å². The maximum atomic E-state index is 12.8. The first-order chi connectivity index (χ1) is 9.17. The van der Waals surface area contributed by atoms with E-state index in [4.69, 9.17) is 0 Å². The predicted octanol–water partition coefficient (Wildman–Crippen LogP) is 2.62. The van der Waals surface area contributed by atoms with Gasteiger partial charge in [-0.1, -0.05) is 12.1 Å². The molecule has 0 saturated heterocycles. The molecule has 0 aliphatic carbocycles. The maximum Gasteiger partial charge on any atom is 0.224 e. The second-order valence-corrected chi connectivity index (χ2v) is 4.27. The van der Waals surface area contributed by atoms with Crippen LogP contribution < -0.4 is 10.6 Å². The molecular weight excluding hydrogens is 243 g/mol. The van der Waals surface area contributed by atoms with Crippen LogP contribution in [0.15, 0.2) is 30.3 Å². The highest BCUT2D eigenvalue weighted by atomic mass is 19.1. The zero-order valence-electron chi connectivity index (χ0n) is 11.1. The van der Waals surface area contributed by atoms with Gasteiger partial charge in [0, 0.05) is 25.4 Å². The van der Waals surface area contributed by atoms with E-state index in [0.717, 1.165) is 30.0 Å². The lowest BCUT2D eigenvalue weighted by atomic mass is 10.1. The number of hydrogen-bond acceptors (Lipinski definition) is 4. The Hall–Kier alpha value is -2.17. The third kappa shape index (κ3) is 3.91. The van der Waals surface area contributed by atoms with E-state index in [1.807, 2.05) is 13.0 Å². The molecule has 4 nitrogen and oxygen atoms in total. The molecule has 0 radical (unpaired) electrons. The molecular formula is C14H17FN4. The second-order valence-electron chi connectivity index (χ2n) is 4.27. The largest absolute Gasteiger partial charge is 0.370 e. The van der Waals surface area contributed by atoms with Crippen LogP contribution >= 0.6 is 0 Å². The summed E-state index contributed by atoms with van der Waals surface area (Å²) in [7, 11) is 1.79. The SMILES string of the molecule is CNc1nc(C)cc(NCCc2ccc(F)cc2)n1. The third-order valence-electron chi connectivity index (χ3n) is 2.71. The number of anilines is 2.